The Labute approximate surface area is 145 Å². The number of aliphatic carboxylic acids is 1. The molecule has 0 saturated heterocycles. The van der Waals surface area contributed by atoms with Crippen LogP contribution < -0.4 is 20.8 Å². The predicted octanol–water partition coefficient (Wildman–Crippen LogP) is 1.52. The first-order chi connectivity index (χ1) is 12.0. The van der Waals surface area contributed by atoms with Gasteiger partial charge in [-0.15, -0.1) is 5.48 Å². The summed E-state index contributed by atoms with van der Waals surface area (Å²) in [5, 5.41) is 8.80. The van der Waals surface area contributed by atoms with Crippen molar-refractivity contribution in [2.24, 2.45) is 5.73 Å². The van der Waals surface area contributed by atoms with E-state index in [-0.39, 0.29) is 6.42 Å². The summed E-state index contributed by atoms with van der Waals surface area (Å²) in [4.78, 5) is 28.0. The molecule has 25 heavy (non-hydrogen) atoms. The van der Waals surface area contributed by atoms with Crippen LogP contribution in [0.1, 0.15) is 12.5 Å². The largest absolute Gasteiger partial charge is 0.480 e. The Morgan fingerprint density at radius 3 is 2.32 bits per heavy atom. The fourth-order valence-electron chi connectivity index (χ4n) is 1.93. The Kier molecular flexibility index (Phi) is 6.50. The van der Waals surface area contributed by atoms with Crippen molar-refractivity contribution in [2.75, 3.05) is 0 Å². The van der Waals surface area contributed by atoms with Gasteiger partial charge in [-0.25, -0.2) is 4.79 Å². The van der Waals surface area contributed by atoms with Gasteiger partial charge in [0.1, 0.15) is 23.6 Å². The molecule has 0 aliphatic rings. The summed E-state index contributed by atoms with van der Waals surface area (Å²) in [6.45, 7) is 1.62. The number of nitrogens with two attached hydrogens (primary N) is 1. The molecule has 2 aromatic carbocycles. The lowest BCUT2D eigenvalue weighted by atomic mass is 10.1. The van der Waals surface area contributed by atoms with Gasteiger partial charge < -0.3 is 20.4 Å². The zero-order chi connectivity index (χ0) is 18.2. The minimum Gasteiger partial charge on any atom is -0.480 e. The number of hydrogen-bond acceptors (Lipinski definition) is 6. The number of ether oxygens (including phenoxy) is 1. The van der Waals surface area contributed by atoms with Gasteiger partial charge in [0.05, 0.1) is 0 Å². The molecule has 4 N–H and O–H groups in total. The van der Waals surface area contributed by atoms with Crippen LogP contribution in [0, 0.1) is 0 Å². The second-order valence-corrected chi connectivity index (χ2v) is 5.47. The molecular formula is C18H20N2O5. The lowest BCUT2D eigenvalue weighted by Crippen LogP contribution is -2.39. The van der Waals surface area contributed by atoms with Gasteiger partial charge in [-0.1, -0.05) is 30.3 Å². The third kappa shape index (κ3) is 5.91. The number of carboxylic acid groups (broad SMARTS) is 1. The first-order valence-corrected chi connectivity index (χ1v) is 7.72. The maximum absolute atomic E-state index is 11.9. The van der Waals surface area contributed by atoms with Crippen molar-refractivity contribution in [1.82, 2.24) is 5.48 Å². The number of hydroxylamine groups is 1. The topological polar surface area (TPSA) is 111 Å². The molecule has 0 saturated carbocycles. The van der Waals surface area contributed by atoms with Crippen molar-refractivity contribution in [2.45, 2.75) is 25.4 Å². The minimum atomic E-state index is -1.05. The Bertz CT molecular complexity index is 703. The Morgan fingerprint density at radius 1 is 1.08 bits per heavy atom. The number of carbonyl (C=O) groups excluding carboxylic acids is 1. The molecule has 0 aromatic heterocycles. The van der Waals surface area contributed by atoms with Crippen molar-refractivity contribution in [3.8, 4) is 11.5 Å². The van der Waals surface area contributed by atoms with E-state index < -0.39 is 24.0 Å². The number of esters is 1. The average Bonchev–Trinajstić information content (AvgIpc) is 2.61. The zero-order valence-electron chi connectivity index (χ0n) is 13.7. The summed E-state index contributed by atoms with van der Waals surface area (Å²) < 4.78 is 5.20. The first-order valence-electron chi connectivity index (χ1n) is 7.72. The molecule has 2 atom stereocenters. The van der Waals surface area contributed by atoms with Crippen LogP contribution in [0.2, 0.25) is 0 Å². The quantitative estimate of drug-likeness (QED) is 0.378. The van der Waals surface area contributed by atoms with E-state index in [0.29, 0.717) is 11.5 Å². The van der Waals surface area contributed by atoms with E-state index >= 15 is 0 Å². The van der Waals surface area contributed by atoms with Crippen molar-refractivity contribution in [1.29, 1.82) is 0 Å². The van der Waals surface area contributed by atoms with Crippen molar-refractivity contribution < 1.29 is 24.3 Å². The van der Waals surface area contributed by atoms with Crippen molar-refractivity contribution in [3.63, 3.8) is 0 Å². The molecule has 2 aromatic rings. The third-order valence-electron chi connectivity index (χ3n) is 3.36. The molecular weight excluding hydrogens is 324 g/mol. The van der Waals surface area contributed by atoms with Gasteiger partial charge >= 0.3 is 11.9 Å². The smallest absolute Gasteiger partial charge is 0.331 e. The number of nitrogens with one attached hydrogen (secondary N) is 1. The second kappa shape index (κ2) is 8.81. The average molecular weight is 344 g/mol. The zero-order valence-corrected chi connectivity index (χ0v) is 13.7. The molecule has 2 rings (SSSR count). The van der Waals surface area contributed by atoms with Crippen LogP contribution in [0.4, 0.5) is 0 Å². The predicted molar refractivity (Wildman–Crippen MR) is 91.1 cm³/mol. The van der Waals surface area contributed by atoms with Crippen molar-refractivity contribution in [3.05, 3.63) is 60.2 Å². The summed E-state index contributed by atoms with van der Waals surface area (Å²) in [6.07, 6.45) is 0.225. The van der Waals surface area contributed by atoms with Crippen LogP contribution in [-0.4, -0.2) is 29.1 Å². The standard InChI is InChI=1S/C18H20N2O5/c1-12(18(23)24-14-5-3-2-4-6-14)20-25-15-9-7-13(8-10-15)11-16(19)17(21)22/h2-10,12,16,20H,11,19H2,1H3,(H,21,22)/t12-,16-/m0/s1. The summed E-state index contributed by atoms with van der Waals surface area (Å²) in [6, 6.07) is 13.9. The Hall–Kier alpha value is -2.90. The summed E-state index contributed by atoms with van der Waals surface area (Å²) in [5.41, 5.74) is 8.87. The maximum Gasteiger partial charge on any atom is 0.331 e. The van der Waals surface area contributed by atoms with Gasteiger partial charge in [0, 0.05) is 0 Å². The van der Waals surface area contributed by atoms with E-state index in [4.69, 9.17) is 20.4 Å². The second-order valence-electron chi connectivity index (χ2n) is 5.47. The van der Waals surface area contributed by atoms with Gasteiger partial charge in [0.15, 0.2) is 0 Å². The van der Waals surface area contributed by atoms with Crippen LogP contribution in [0.15, 0.2) is 54.6 Å². The van der Waals surface area contributed by atoms with Crippen LogP contribution in [-0.2, 0) is 16.0 Å². The Balaban J connectivity index is 1.82. The number of hydrogen-bond donors (Lipinski definition) is 3. The van der Waals surface area contributed by atoms with Crippen LogP contribution in [0.3, 0.4) is 0 Å². The number of carbonyl (C=O) groups is 2. The molecule has 0 amide bonds. The highest BCUT2D eigenvalue weighted by Gasteiger charge is 2.16. The van der Waals surface area contributed by atoms with Crippen molar-refractivity contribution >= 4 is 11.9 Å². The first kappa shape index (κ1) is 18.4. The third-order valence-corrected chi connectivity index (χ3v) is 3.36. The molecule has 0 spiro atoms. The highest BCUT2D eigenvalue weighted by molar-refractivity contribution is 5.77. The summed E-state index contributed by atoms with van der Waals surface area (Å²) in [7, 11) is 0. The molecule has 7 nitrogen and oxygen atoms in total. The molecule has 0 aliphatic heterocycles. The number of para-hydroxylation sites is 1. The molecule has 7 heteroatoms. The molecule has 0 bridgehead atoms. The van der Waals surface area contributed by atoms with E-state index in [1.165, 1.54) is 0 Å². The molecule has 132 valence electrons. The van der Waals surface area contributed by atoms with E-state index in [0.717, 1.165) is 5.56 Å². The summed E-state index contributed by atoms with van der Waals surface area (Å²) >= 11 is 0. The van der Waals surface area contributed by atoms with E-state index in [1.807, 2.05) is 6.07 Å². The van der Waals surface area contributed by atoms with E-state index in [1.54, 1.807) is 55.5 Å². The maximum atomic E-state index is 11.9. The lowest BCUT2D eigenvalue weighted by molar-refractivity contribution is -0.139. The number of rotatable bonds is 8. The van der Waals surface area contributed by atoms with E-state index in [9.17, 15) is 9.59 Å². The van der Waals surface area contributed by atoms with Gasteiger partial charge in [-0.2, -0.15) is 0 Å². The fraction of sp³-hybridized carbons (Fsp3) is 0.222. The highest BCUT2D eigenvalue weighted by Crippen LogP contribution is 2.13. The van der Waals surface area contributed by atoms with Gasteiger partial charge in [-0.05, 0) is 43.2 Å². The summed E-state index contributed by atoms with van der Waals surface area (Å²) in [5.74, 6) is -0.588. The number of benzene rings is 2. The highest BCUT2D eigenvalue weighted by atomic mass is 16.7. The van der Waals surface area contributed by atoms with Crippen LogP contribution in [0.5, 0.6) is 11.5 Å². The minimum absolute atomic E-state index is 0.225. The monoisotopic (exact) mass is 344 g/mol. The van der Waals surface area contributed by atoms with Gasteiger partial charge in [0.25, 0.3) is 0 Å². The molecule has 0 fully saturated rings. The van der Waals surface area contributed by atoms with Crippen LogP contribution in [0.25, 0.3) is 0 Å². The molecule has 0 heterocycles. The van der Waals surface area contributed by atoms with Gasteiger partial charge in [-0.3, -0.25) is 4.79 Å². The Morgan fingerprint density at radius 2 is 1.72 bits per heavy atom. The van der Waals surface area contributed by atoms with Crippen LogP contribution >= 0.6 is 0 Å². The molecule has 0 radical (unpaired) electrons. The number of carboxylic acids is 1. The normalized spacial score (nSPS) is 12.9. The molecule has 0 unspecified atom stereocenters. The molecule has 0 aliphatic carbocycles. The van der Waals surface area contributed by atoms with E-state index in [2.05, 4.69) is 5.48 Å². The van der Waals surface area contributed by atoms with Gasteiger partial charge in [0.2, 0.25) is 0 Å². The lowest BCUT2D eigenvalue weighted by Gasteiger charge is -2.14. The SMILES string of the molecule is C[C@H](NOc1ccc(C[C@H](N)C(=O)O)cc1)C(=O)Oc1ccccc1. The fourth-order valence-corrected chi connectivity index (χ4v) is 1.93.